The molecule has 0 fully saturated rings. The van der Waals surface area contributed by atoms with E-state index in [4.69, 9.17) is 33.5 Å². The van der Waals surface area contributed by atoms with E-state index in [-0.39, 0.29) is 10.7 Å². The van der Waals surface area contributed by atoms with Gasteiger partial charge in [-0.2, -0.15) is 0 Å². The molecule has 0 saturated carbocycles. The second kappa shape index (κ2) is 7.01. The zero-order chi connectivity index (χ0) is 18.8. The molecule has 2 aromatic rings. The van der Waals surface area contributed by atoms with Crippen LogP contribution in [0.5, 0.6) is 0 Å². The maximum absolute atomic E-state index is 11.9. The number of hydrogen-bond donors (Lipinski definition) is 4. The summed E-state index contributed by atoms with van der Waals surface area (Å²) in [4.78, 5) is 16.6. The van der Waals surface area contributed by atoms with Gasteiger partial charge in [0.2, 0.25) is 0 Å². The molecule has 6 N–H and O–H groups in total. The number of benzene rings is 2. The van der Waals surface area contributed by atoms with Crippen LogP contribution in [0.1, 0.15) is 28.3 Å². The predicted molar refractivity (Wildman–Crippen MR) is 104 cm³/mol. The Morgan fingerprint density at radius 3 is 2.58 bits per heavy atom. The number of nitrogens with zero attached hydrogens (tertiary/aromatic N) is 1. The van der Waals surface area contributed by atoms with Crippen molar-refractivity contribution in [3.63, 3.8) is 0 Å². The van der Waals surface area contributed by atoms with Crippen molar-refractivity contribution in [2.24, 2.45) is 10.7 Å². The smallest absolute Gasteiger partial charge is 0.266 e. The molecular weight excluding hydrogens is 350 g/mol. The summed E-state index contributed by atoms with van der Waals surface area (Å²) >= 11 is 6.48. The van der Waals surface area contributed by atoms with Crippen LogP contribution in [0.4, 0.5) is 5.69 Å². The summed E-state index contributed by atoms with van der Waals surface area (Å²) < 4.78 is 0. The topological polar surface area (TPSA) is 117 Å². The third-order valence-electron chi connectivity index (χ3n) is 4.23. The van der Waals surface area contributed by atoms with Gasteiger partial charge in [0.15, 0.2) is 0 Å². The van der Waals surface area contributed by atoms with Gasteiger partial charge in [0, 0.05) is 23.0 Å². The highest BCUT2D eigenvalue weighted by molar-refractivity contribution is 6.33. The number of primary amides is 1. The van der Waals surface area contributed by atoms with Gasteiger partial charge < -0.3 is 22.2 Å². The lowest BCUT2D eigenvalue weighted by Gasteiger charge is -2.26. The number of rotatable bonds is 4. The number of anilines is 1. The molecule has 1 unspecified atom stereocenters. The van der Waals surface area contributed by atoms with E-state index in [0.717, 1.165) is 11.1 Å². The number of carbonyl (C=O) groups is 1. The number of hydrogen-bond acceptors (Lipinski definition) is 5. The van der Waals surface area contributed by atoms with Crippen LogP contribution in [0.15, 0.2) is 58.2 Å². The zero-order valence-electron chi connectivity index (χ0n) is 14.1. The third-order valence-corrected chi connectivity index (χ3v) is 4.63. The highest BCUT2D eigenvalue weighted by Gasteiger charge is 2.30. The SMILES string of the molecule is Cc1ccc(N)c(C=N)c1C1N=C(c2ccccc2)NC(C(N)=O)=C1Cl. The molecule has 1 aliphatic rings. The van der Waals surface area contributed by atoms with Crippen LogP contribution in [0.2, 0.25) is 0 Å². The van der Waals surface area contributed by atoms with E-state index in [1.807, 2.05) is 43.3 Å². The molecule has 0 spiro atoms. The van der Waals surface area contributed by atoms with E-state index < -0.39 is 11.9 Å². The number of nitrogen functional groups attached to an aromatic ring is 1. The van der Waals surface area contributed by atoms with Crippen molar-refractivity contribution in [1.82, 2.24) is 5.32 Å². The Bertz CT molecular complexity index is 950. The van der Waals surface area contributed by atoms with Gasteiger partial charge in [-0.3, -0.25) is 9.79 Å². The average Bonchev–Trinajstić information content (AvgIpc) is 2.64. The first kappa shape index (κ1) is 17.7. The zero-order valence-corrected chi connectivity index (χ0v) is 14.8. The molecule has 3 rings (SSSR count). The first-order valence-corrected chi connectivity index (χ1v) is 8.31. The Balaban J connectivity index is 2.25. The van der Waals surface area contributed by atoms with E-state index >= 15 is 0 Å². The summed E-state index contributed by atoms with van der Waals surface area (Å²) in [6.45, 7) is 1.88. The molecule has 132 valence electrons. The number of amidine groups is 1. The first-order chi connectivity index (χ1) is 12.4. The van der Waals surface area contributed by atoms with Gasteiger partial charge in [-0.15, -0.1) is 0 Å². The largest absolute Gasteiger partial charge is 0.398 e. The molecule has 7 heteroatoms. The Labute approximate surface area is 156 Å². The van der Waals surface area contributed by atoms with Crippen LogP contribution in [0.3, 0.4) is 0 Å². The highest BCUT2D eigenvalue weighted by Crippen LogP contribution is 2.38. The molecule has 1 atom stereocenters. The van der Waals surface area contributed by atoms with Crippen molar-refractivity contribution in [2.75, 3.05) is 5.73 Å². The summed E-state index contributed by atoms with van der Waals surface area (Å²) in [6.07, 6.45) is 1.17. The average molecular weight is 368 g/mol. The fraction of sp³-hybridized carbons (Fsp3) is 0.105. The van der Waals surface area contributed by atoms with Crippen LogP contribution in [-0.4, -0.2) is 18.0 Å². The van der Waals surface area contributed by atoms with Crippen molar-refractivity contribution in [3.05, 3.63) is 75.4 Å². The maximum atomic E-state index is 11.9. The lowest BCUT2D eigenvalue weighted by Crippen LogP contribution is -2.36. The molecule has 1 aliphatic heterocycles. The molecule has 1 amide bonds. The Morgan fingerprint density at radius 1 is 1.27 bits per heavy atom. The third kappa shape index (κ3) is 3.07. The normalized spacial score (nSPS) is 16.7. The number of aryl methyl sites for hydroxylation is 1. The highest BCUT2D eigenvalue weighted by atomic mass is 35.5. The first-order valence-electron chi connectivity index (χ1n) is 7.93. The molecular formula is C19H18ClN5O. The summed E-state index contributed by atoms with van der Waals surface area (Å²) in [5, 5.41) is 10.8. The quantitative estimate of drug-likeness (QED) is 0.491. The molecule has 0 bridgehead atoms. The number of halogens is 1. The summed E-state index contributed by atoms with van der Waals surface area (Å²) in [5.41, 5.74) is 14.9. The Kier molecular flexibility index (Phi) is 4.77. The summed E-state index contributed by atoms with van der Waals surface area (Å²) in [7, 11) is 0. The van der Waals surface area contributed by atoms with Gasteiger partial charge in [0.1, 0.15) is 17.6 Å². The van der Waals surface area contributed by atoms with E-state index in [1.54, 1.807) is 6.07 Å². The van der Waals surface area contributed by atoms with Gasteiger partial charge in [-0.1, -0.05) is 48.0 Å². The second-order valence-corrected chi connectivity index (χ2v) is 6.31. The lowest BCUT2D eigenvalue weighted by molar-refractivity contribution is -0.114. The predicted octanol–water partition coefficient (Wildman–Crippen LogP) is 2.60. The molecule has 0 aromatic heterocycles. The number of aliphatic imine (C=N–C) groups is 1. The van der Waals surface area contributed by atoms with Gasteiger partial charge in [-0.25, -0.2) is 0 Å². The second-order valence-electron chi connectivity index (χ2n) is 5.90. The van der Waals surface area contributed by atoms with Gasteiger partial charge in [-0.05, 0) is 24.1 Å². The van der Waals surface area contributed by atoms with E-state index in [9.17, 15) is 4.79 Å². The van der Waals surface area contributed by atoms with Crippen molar-refractivity contribution < 1.29 is 4.79 Å². The molecule has 6 nitrogen and oxygen atoms in total. The van der Waals surface area contributed by atoms with E-state index in [0.29, 0.717) is 22.6 Å². The van der Waals surface area contributed by atoms with Crippen LogP contribution < -0.4 is 16.8 Å². The van der Waals surface area contributed by atoms with Gasteiger partial charge in [0.05, 0.1) is 5.03 Å². The molecule has 26 heavy (non-hydrogen) atoms. The van der Waals surface area contributed by atoms with Gasteiger partial charge >= 0.3 is 0 Å². The van der Waals surface area contributed by atoms with E-state index in [1.165, 1.54) is 6.21 Å². The maximum Gasteiger partial charge on any atom is 0.266 e. The minimum Gasteiger partial charge on any atom is -0.398 e. The molecule has 1 heterocycles. The minimum atomic E-state index is -0.685. The molecule has 0 radical (unpaired) electrons. The number of amides is 1. The lowest BCUT2D eigenvalue weighted by atomic mass is 9.93. The van der Waals surface area contributed by atoms with Crippen molar-refractivity contribution in [3.8, 4) is 0 Å². The van der Waals surface area contributed by atoms with Crippen molar-refractivity contribution >= 4 is 35.2 Å². The fourth-order valence-electron chi connectivity index (χ4n) is 2.93. The number of carbonyl (C=O) groups excluding carboxylic acids is 1. The van der Waals surface area contributed by atoms with Crippen LogP contribution in [-0.2, 0) is 4.79 Å². The Hall–Kier alpha value is -3.12. The molecule has 2 aromatic carbocycles. The van der Waals surface area contributed by atoms with E-state index in [2.05, 4.69) is 5.32 Å². The van der Waals surface area contributed by atoms with Crippen LogP contribution in [0.25, 0.3) is 0 Å². The van der Waals surface area contributed by atoms with Crippen LogP contribution >= 0.6 is 11.6 Å². The van der Waals surface area contributed by atoms with Crippen LogP contribution in [0, 0.1) is 12.3 Å². The standard InChI is InChI=1S/C19H18ClN5O/c1-10-7-8-13(22)12(9-21)14(10)16-15(20)17(18(23)26)25-19(24-16)11-5-3-2-4-6-11/h2-9,16,21H,22H2,1H3,(H2,23,26)(H,24,25). The fourth-order valence-corrected chi connectivity index (χ4v) is 3.23. The summed E-state index contributed by atoms with van der Waals surface area (Å²) in [5.74, 6) is -0.201. The van der Waals surface area contributed by atoms with Crippen molar-refractivity contribution in [1.29, 1.82) is 5.41 Å². The van der Waals surface area contributed by atoms with Crippen molar-refractivity contribution in [2.45, 2.75) is 13.0 Å². The monoisotopic (exact) mass is 367 g/mol. The summed E-state index contributed by atoms with van der Waals surface area (Å²) in [6, 6.07) is 12.2. The van der Waals surface area contributed by atoms with Gasteiger partial charge in [0.25, 0.3) is 5.91 Å². The minimum absolute atomic E-state index is 0.0864. The Morgan fingerprint density at radius 2 is 1.96 bits per heavy atom. The number of nitrogens with two attached hydrogens (primary N) is 2. The molecule has 0 aliphatic carbocycles. The number of nitrogens with one attached hydrogen (secondary N) is 2. The molecule has 0 saturated heterocycles.